The first-order chi connectivity index (χ1) is 11.3. The van der Waals surface area contributed by atoms with E-state index in [2.05, 4.69) is 15.9 Å². The molecule has 2 N–H and O–H groups in total. The number of nitrogens with two attached hydrogens (primary N) is 1. The maximum atomic E-state index is 13.9. The summed E-state index contributed by atoms with van der Waals surface area (Å²) in [6.07, 6.45) is 0.690. The highest BCUT2D eigenvalue weighted by Gasteiger charge is 2.57. The molecule has 7 heteroatoms. The molecule has 2 aromatic carbocycles. The summed E-state index contributed by atoms with van der Waals surface area (Å²) in [5, 5.41) is 0. The van der Waals surface area contributed by atoms with Crippen LogP contribution in [-0.2, 0) is 9.59 Å². The van der Waals surface area contributed by atoms with Crippen molar-refractivity contribution < 1.29 is 18.4 Å². The summed E-state index contributed by atoms with van der Waals surface area (Å²) < 4.78 is 27.4. The van der Waals surface area contributed by atoms with Crippen molar-refractivity contribution in [2.24, 2.45) is 11.1 Å². The highest BCUT2D eigenvalue weighted by molar-refractivity contribution is 9.10. The van der Waals surface area contributed by atoms with Crippen LogP contribution in [0.15, 0.2) is 46.9 Å². The molecule has 1 fully saturated rings. The Morgan fingerprint density at radius 3 is 2.12 bits per heavy atom. The number of rotatable bonds is 4. The molecule has 0 aromatic heterocycles. The monoisotopic (exact) mass is 394 g/mol. The Labute approximate surface area is 145 Å². The first kappa shape index (κ1) is 16.6. The first-order valence-electron chi connectivity index (χ1n) is 7.20. The highest BCUT2D eigenvalue weighted by atomic mass is 79.9. The van der Waals surface area contributed by atoms with Gasteiger partial charge < -0.3 is 5.73 Å². The molecule has 1 saturated carbocycles. The number of halogens is 3. The van der Waals surface area contributed by atoms with Crippen LogP contribution in [0.25, 0.3) is 0 Å². The zero-order valence-corrected chi connectivity index (χ0v) is 14.0. The molecule has 1 aliphatic rings. The summed E-state index contributed by atoms with van der Waals surface area (Å²) in [4.78, 5) is 25.8. The SMILES string of the molecule is NC(=O)C1(C(=O)N(c2ccc(F)cc2)c2ccc(Br)c(F)c2)CC1. The van der Waals surface area contributed by atoms with Gasteiger partial charge in [0, 0.05) is 5.69 Å². The lowest BCUT2D eigenvalue weighted by Crippen LogP contribution is -2.41. The normalized spacial score (nSPS) is 15.0. The van der Waals surface area contributed by atoms with Gasteiger partial charge in [0.05, 0.1) is 10.2 Å². The lowest BCUT2D eigenvalue weighted by atomic mass is 10.0. The van der Waals surface area contributed by atoms with Gasteiger partial charge in [-0.3, -0.25) is 14.5 Å². The number of anilines is 2. The van der Waals surface area contributed by atoms with E-state index in [0.717, 1.165) is 0 Å². The third kappa shape index (κ3) is 2.80. The lowest BCUT2D eigenvalue weighted by molar-refractivity contribution is -0.133. The minimum Gasteiger partial charge on any atom is -0.369 e. The van der Waals surface area contributed by atoms with Crippen LogP contribution in [0.2, 0.25) is 0 Å². The molecular formula is C17H13BrF2N2O2. The maximum Gasteiger partial charge on any atom is 0.247 e. The molecule has 24 heavy (non-hydrogen) atoms. The second-order valence-corrected chi connectivity index (χ2v) is 6.52. The summed E-state index contributed by atoms with van der Waals surface area (Å²) in [7, 11) is 0. The maximum absolute atomic E-state index is 13.9. The van der Waals surface area contributed by atoms with E-state index < -0.39 is 28.9 Å². The van der Waals surface area contributed by atoms with Crippen LogP contribution in [0.5, 0.6) is 0 Å². The number of hydrogen-bond acceptors (Lipinski definition) is 2. The predicted octanol–water partition coefficient (Wildman–Crippen LogP) is 3.66. The smallest absolute Gasteiger partial charge is 0.247 e. The van der Waals surface area contributed by atoms with E-state index in [0.29, 0.717) is 18.5 Å². The van der Waals surface area contributed by atoms with E-state index in [1.165, 1.54) is 47.4 Å². The molecule has 0 saturated heterocycles. The van der Waals surface area contributed by atoms with Gasteiger partial charge in [-0.1, -0.05) is 0 Å². The molecule has 0 spiro atoms. The number of primary amides is 1. The summed E-state index contributed by atoms with van der Waals surface area (Å²) in [5.74, 6) is -2.28. The number of hydrogen-bond donors (Lipinski definition) is 1. The van der Waals surface area contributed by atoms with Crippen LogP contribution >= 0.6 is 15.9 Å². The number of carbonyl (C=O) groups is 2. The van der Waals surface area contributed by atoms with Crippen LogP contribution in [0.1, 0.15) is 12.8 Å². The third-order valence-electron chi connectivity index (χ3n) is 4.08. The fraction of sp³-hybridized carbons (Fsp3) is 0.176. The van der Waals surface area contributed by atoms with Crippen molar-refractivity contribution in [2.45, 2.75) is 12.8 Å². The molecule has 0 atom stereocenters. The zero-order valence-electron chi connectivity index (χ0n) is 12.4. The molecule has 1 aliphatic carbocycles. The van der Waals surface area contributed by atoms with E-state index >= 15 is 0 Å². The average molecular weight is 395 g/mol. The molecule has 2 amide bonds. The van der Waals surface area contributed by atoms with E-state index in [1.807, 2.05) is 0 Å². The Balaban J connectivity index is 2.10. The van der Waals surface area contributed by atoms with Gasteiger partial charge in [-0.05, 0) is 71.2 Å². The molecule has 0 unspecified atom stereocenters. The molecule has 0 bridgehead atoms. The van der Waals surface area contributed by atoms with Crippen LogP contribution in [0.4, 0.5) is 20.2 Å². The Hall–Kier alpha value is -2.28. The van der Waals surface area contributed by atoms with Gasteiger partial charge in [0.1, 0.15) is 17.0 Å². The summed E-state index contributed by atoms with van der Waals surface area (Å²) >= 11 is 3.05. The van der Waals surface area contributed by atoms with Gasteiger partial charge in [0.15, 0.2) is 0 Å². The van der Waals surface area contributed by atoms with Gasteiger partial charge in [-0.15, -0.1) is 0 Å². The third-order valence-corrected chi connectivity index (χ3v) is 4.72. The number of benzene rings is 2. The second kappa shape index (κ2) is 5.98. The summed E-state index contributed by atoms with van der Waals surface area (Å²) in [5.41, 5.74) is 4.66. The minimum absolute atomic E-state index is 0.236. The van der Waals surface area contributed by atoms with Gasteiger partial charge in [-0.25, -0.2) is 8.78 Å². The molecule has 4 nitrogen and oxygen atoms in total. The quantitative estimate of drug-likeness (QED) is 0.804. The molecule has 0 heterocycles. The fourth-order valence-electron chi connectivity index (χ4n) is 2.50. The van der Waals surface area contributed by atoms with Gasteiger partial charge in [-0.2, -0.15) is 0 Å². The van der Waals surface area contributed by atoms with Crippen LogP contribution in [-0.4, -0.2) is 11.8 Å². The fourth-order valence-corrected chi connectivity index (χ4v) is 2.75. The Bertz CT molecular complexity index is 820. The van der Waals surface area contributed by atoms with Crippen molar-refractivity contribution in [3.63, 3.8) is 0 Å². The zero-order chi connectivity index (χ0) is 17.5. The van der Waals surface area contributed by atoms with Crippen LogP contribution in [0.3, 0.4) is 0 Å². The molecule has 3 rings (SSSR count). The number of nitrogens with zero attached hydrogens (tertiary/aromatic N) is 1. The van der Waals surface area contributed by atoms with Gasteiger partial charge in [0.25, 0.3) is 0 Å². The molecule has 0 radical (unpaired) electrons. The summed E-state index contributed by atoms with van der Waals surface area (Å²) in [6.45, 7) is 0. The van der Waals surface area contributed by atoms with Crippen molar-refractivity contribution in [1.82, 2.24) is 0 Å². The Morgan fingerprint density at radius 2 is 1.62 bits per heavy atom. The average Bonchev–Trinajstić information content (AvgIpc) is 3.34. The topological polar surface area (TPSA) is 63.4 Å². The Kier molecular flexibility index (Phi) is 4.13. The minimum atomic E-state index is -1.28. The second-order valence-electron chi connectivity index (χ2n) is 5.66. The number of amides is 2. The predicted molar refractivity (Wildman–Crippen MR) is 88.5 cm³/mol. The standard InChI is InChI=1S/C17H13BrF2N2O2/c18-13-6-5-12(9-14(13)20)22(11-3-1-10(19)2-4-11)16(24)17(7-8-17)15(21)23/h1-6,9H,7-8H2,(H2,21,23). The lowest BCUT2D eigenvalue weighted by Gasteiger charge is -2.26. The number of carbonyl (C=O) groups excluding carboxylic acids is 2. The van der Waals surface area contributed by atoms with Gasteiger partial charge >= 0.3 is 0 Å². The van der Waals surface area contributed by atoms with Crippen LogP contribution in [0, 0.1) is 17.0 Å². The van der Waals surface area contributed by atoms with E-state index in [1.54, 1.807) is 0 Å². The van der Waals surface area contributed by atoms with E-state index in [-0.39, 0.29) is 10.2 Å². The molecule has 124 valence electrons. The van der Waals surface area contributed by atoms with E-state index in [4.69, 9.17) is 5.73 Å². The summed E-state index contributed by atoms with van der Waals surface area (Å²) in [6, 6.07) is 9.32. The molecular weight excluding hydrogens is 382 g/mol. The Morgan fingerprint density at radius 1 is 1.04 bits per heavy atom. The largest absolute Gasteiger partial charge is 0.369 e. The molecule has 0 aliphatic heterocycles. The van der Waals surface area contributed by atoms with E-state index in [9.17, 15) is 18.4 Å². The molecule has 2 aromatic rings. The first-order valence-corrected chi connectivity index (χ1v) is 7.99. The van der Waals surface area contributed by atoms with Gasteiger partial charge in [0.2, 0.25) is 11.8 Å². The van der Waals surface area contributed by atoms with Crippen molar-refractivity contribution in [3.05, 3.63) is 58.6 Å². The van der Waals surface area contributed by atoms with Crippen molar-refractivity contribution >= 4 is 39.1 Å². The highest BCUT2D eigenvalue weighted by Crippen LogP contribution is 2.49. The van der Waals surface area contributed by atoms with Crippen molar-refractivity contribution in [1.29, 1.82) is 0 Å². The van der Waals surface area contributed by atoms with Crippen molar-refractivity contribution in [2.75, 3.05) is 4.90 Å². The van der Waals surface area contributed by atoms with Crippen molar-refractivity contribution in [3.8, 4) is 0 Å². The van der Waals surface area contributed by atoms with Crippen LogP contribution < -0.4 is 10.6 Å².